The van der Waals surface area contributed by atoms with E-state index in [1.54, 1.807) is 60.7 Å². The Kier molecular flexibility index (Phi) is 5.83. The fraction of sp³-hybridized carbons (Fsp3) is 0.130. The zero-order valence-electron chi connectivity index (χ0n) is 16.8. The first kappa shape index (κ1) is 21.4. The second kappa shape index (κ2) is 8.72. The molecule has 2 aliphatic heterocycles. The van der Waals surface area contributed by atoms with Gasteiger partial charge in [-0.05, 0) is 36.8 Å². The largest absolute Gasteiger partial charge is 0.477 e. The first-order valence-electron chi connectivity index (χ1n) is 9.65. The number of allylic oxidation sites excluding steroid dienone is 1. The smallest absolute Gasteiger partial charge is 0.352 e. The summed E-state index contributed by atoms with van der Waals surface area (Å²) < 4.78 is 5.25. The minimum atomic E-state index is -1.28. The molecule has 1 unspecified atom stereocenters. The lowest BCUT2D eigenvalue weighted by Crippen LogP contribution is -2.70. The van der Waals surface area contributed by atoms with Crippen LogP contribution in [-0.4, -0.2) is 45.2 Å². The van der Waals surface area contributed by atoms with Crippen LogP contribution < -0.4 is 5.32 Å². The minimum Gasteiger partial charge on any atom is -0.477 e. The maximum atomic E-state index is 12.7. The normalized spacial score (nSPS) is 21.0. The van der Waals surface area contributed by atoms with Crippen LogP contribution in [0, 0.1) is 0 Å². The summed E-state index contributed by atoms with van der Waals surface area (Å²) in [5.41, 5.74) is 0.822. The summed E-state index contributed by atoms with van der Waals surface area (Å²) in [6, 6.07) is 15.9. The van der Waals surface area contributed by atoms with Crippen molar-refractivity contribution in [2.24, 2.45) is 0 Å². The molecule has 2 heterocycles. The number of carboxylic acid groups (broad SMARTS) is 1. The summed E-state index contributed by atoms with van der Waals surface area (Å²) in [6.07, 6.45) is 1.19. The van der Waals surface area contributed by atoms with Crippen LogP contribution in [0.15, 0.2) is 83.1 Å². The van der Waals surface area contributed by atoms with E-state index in [0.717, 1.165) is 16.7 Å². The number of esters is 1. The van der Waals surface area contributed by atoms with Crippen LogP contribution in [0.2, 0.25) is 0 Å². The number of amides is 2. The molecule has 1 saturated heterocycles. The standard InChI is InChI=1S/C23H18N2O6S/c1-13-16(12-31-23(30)15-10-6-3-7-11-15)32-21-17(20(27)25(21)18(13)22(28)29)24-19(26)14-8-4-2-5-9-14/h2-12,17,21H,1H3,(H,24,26)(H,28,29)/t17?,21-/m0/s1. The summed E-state index contributed by atoms with van der Waals surface area (Å²) in [7, 11) is 0. The molecule has 2 aromatic rings. The van der Waals surface area contributed by atoms with E-state index in [9.17, 15) is 24.3 Å². The highest BCUT2D eigenvalue weighted by Crippen LogP contribution is 2.46. The molecule has 0 aromatic heterocycles. The number of rotatable bonds is 5. The van der Waals surface area contributed by atoms with Crippen LogP contribution in [0.4, 0.5) is 0 Å². The van der Waals surface area contributed by atoms with Gasteiger partial charge in [0.25, 0.3) is 11.8 Å². The topological polar surface area (TPSA) is 113 Å². The van der Waals surface area contributed by atoms with Crippen molar-refractivity contribution < 1.29 is 29.0 Å². The minimum absolute atomic E-state index is 0.203. The molecular weight excluding hydrogens is 432 g/mol. The molecule has 1 fully saturated rings. The monoisotopic (exact) mass is 450 g/mol. The molecule has 4 rings (SSSR count). The quantitative estimate of drug-likeness (QED) is 0.409. The van der Waals surface area contributed by atoms with E-state index < -0.39 is 35.2 Å². The maximum absolute atomic E-state index is 12.7. The van der Waals surface area contributed by atoms with Gasteiger partial charge in [0, 0.05) is 5.56 Å². The second-order valence-corrected chi connectivity index (χ2v) is 8.22. The van der Waals surface area contributed by atoms with Crippen molar-refractivity contribution >= 4 is 35.5 Å². The van der Waals surface area contributed by atoms with E-state index in [-0.39, 0.29) is 5.70 Å². The molecule has 0 bridgehead atoms. The highest BCUT2D eigenvalue weighted by Gasteiger charge is 2.55. The number of benzene rings is 2. The lowest BCUT2D eigenvalue weighted by Gasteiger charge is -2.49. The van der Waals surface area contributed by atoms with Crippen molar-refractivity contribution in [2.75, 3.05) is 0 Å². The summed E-state index contributed by atoms with van der Waals surface area (Å²) in [5, 5.41) is 11.7. The average Bonchev–Trinajstić information content (AvgIpc) is 2.82. The predicted octanol–water partition coefficient (Wildman–Crippen LogP) is 2.76. The van der Waals surface area contributed by atoms with Gasteiger partial charge in [-0.3, -0.25) is 14.5 Å². The Hall–Kier alpha value is -3.85. The second-order valence-electron chi connectivity index (χ2n) is 7.07. The fourth-order valence-corrected chi connectivity index (χ4v) is 4.69. The molecule has 9 heteroatoms. The van der Waals surface area contributed by atoms with Crippen LogP contribution in [0.3, 0.4) is 0 Å². The van der Waals surface area contributed by atoms with E-state index >= 15 is 0 Å². The molecule has 2 N–H and O–H groups in total. The van der Waals surface area contributed by atoms with Gasteiger partial charge in [-0.1, -0.05) is 48.2 Å². The van der Waals surface area contributed by atoms with Gasteiger partial charge in [-0.25, -0.2) is 9.59 Å². The first-order valence-corrected chi connectivity index (χ1v) is 10.5. The van der Waals surface area contributed by atoms with Crippen LogP contribution in [0.1, 0.15) is 27.6 Å². The zero-order chi connectivity index (χ0) is 22.8. The van der Waals surface area contributed by atoms with Gasteiger partial charge in [-0.2, -0.15) is 0 Å². The third kappa shape index (κ3) is 3.90. The molecular formula is C23H18N2O6S. The van der Waals surface area contributed by atoms with Crippen molar-refractivity contribution in [3.63, 3.8) is 0 Å². The van der Waals surface area contributed by atoms with Gasteiger partial charge in [0.2, 0.25) is 0 Å². The third-order valence-corrected chi connectivity index (χ3v) is 6.45. The van der Waals surface area contributed by atoms with Gasteiger partial charge in [0.05, 0.1) is 10.5 Å². The fourth-order valence-electron chi connectivity index (χ4n) is 3.41. The van der Waals surface area contributed by atoms with E-state index in [1.807, 2.05) is 0 Å². The van der Waals surface area contributed by atoms with Crippen LogP contribution >= 0.6 is 11.8 Å². The number of β-lactam (4-membered cyclic amide) rings is 1. The number of hydrogen-bond acceptors (Lipinski definition) is 6. The van der Waals surface area contributed by atoms with Gasteiger partial charge >= 0.3 is 11.9 Å². The maximum Gasteiger partial charge on any atom is 0.352 e. The van der Waals surface area contributed by atoms with Crippen LogP contribution in [0.5, 0.6) is 0 Å². The highest BCUT2D eigenvalue weighted by molar-refractivity contribution is 8.04. The molecule has 0 aliphatic carbocycles. The van der Waals surface area contributed by atoms with Crippen molar-refractivity contribution in [3.8, 4) is 0 Å². The summed E-state index contributed by atoms with van der Waals surface area (Å²) in [4.78, 5) is 50.8. The van der Waals surface area contributed by atoms with Gasteiger partial charge in [0.1, 0.15) is 23.4 Å². The number of ether oxygens (including phenoxy) is 1. The third-order valence-electron chi connectivity index (χ3n) is 5.06. The highest BCUT2D eigenvalue weighted by atomic mass is 32.2. The Labute approximate surface area is 187 Å². The molecule has 0 saturated carbocycles. The first-order chi connectivity index (χ1) is 15.4. The predicted molar refractivity (Wildman–Crippen MR) is 116 cm³/mol. The SMILES string of the molecule is CC1=C(C(=O)O)N2C(=O)C(NC(=O)c3ccccc3)[C@@H]2SC1=COC(=O)c1ccccc1. The average molecular weight is 450 g/mol. The molecule has 2 atom stereocenters. The zero-order valence-corrected chi connectivity index (χ0v) is 17.7. The summed E-state index contributed by atoms with van der Waals surface area (Å²) in [6.45, 7) is 1.54. The number of fused-ring (bicyclic) bond motifs is 1. The van der Waals surface area contributed by atoms with Crippen LogP contribution in [0.25, 0.3) is 0 Å². The van der Waals surface area contributed by atoms with Crippen molar-refractivity contribution in [1.29, 1.82) is 0 Å². The lowest BCUT2D eigenvalue weighted by atomic mass is 10.0. The molecule has 2 amide bonds. The summed E-state index contributed by atoms with van der Waals surface area (Å²) >= 11 is 1.15. The van der Waals surface area contributed by atoms with Gasteiger partial charge in [-0.15, -0.1) is 0 Å². The Morgan fingerprint density at radius 1 is 1.03 bits per heavy atom. The Balaban J connectivity index is 1.57. The summed E-state index contributed by atoms with van der Waals surface area (Å²) in [5.74, 6) is -2.82. The van der Waals surface area contributed by atoms with Crippen LogP contribution in [-0.2, 0) is 14.3 Å². The molecule has 8 nitrogen and oxygen atoms in total. The number of carboxylic acids is 1. The van der Waals surface area contributed by atoms with Crippen molar-refractivity contribution in [2.45, 2.75) is 18.3 Å². The molecule has 0 spiro atoms. The number of nitrogens with zero attached hydrogens (tertiary/aromatic N) is 1. The molecule has 162 valence electrons. The lowest BCUT2D eigenvalue weighted by molar-refractivity contribution is -0.148. The van der Waals surface area contributed by atoms with Gasteiger partial charge in [0.15, 0.2) is 0 Å². The molecule has 32 heavy (non-hydrogen) atoms. The van der Waals surface area contributed by atoms with Gasteiger partial charge < -0.3 is 15.2 Å². The Morgan fingerprint density at radius 3 is 2.22 bits per heavy atom. The number of nitrogens with one attached hydrogen (secondary N) is 1. The molecule has 0 radical (unpaired) electrons. The Morgan fingerprint density at radius 2 is 1.62 bits per heavy atom. The van der Waals surface area contributed by atoms with E-state index in [0.29, 0.717) is 21.6 Å². The molecule has 2 aromatic carbocycles. The van der Waals surface area contributed by atoms with E-state index in [1.165, 1.54) is 13.2 Å². The number of carbonyl (C=O) groups excluding carboxylic acids is 3. The number of hydrogen-bond donors (Lipinski definition) is 2. The Bertz CT molecular complexity index is 1160. The number of aliphatic carboxylic acids is 1. The molecule has 2 aliphatic rings. The number of carbonyl (C=O) groups is 4. The van der Waals surface area contributed by atoms with E-state index in [4.69, 9.17) is 4.74 Å². The van der Waals surface area contributed by atoms with E-state index in [2.05, 4.69) is 5.32 Å². The van der Waals surface area contributed by atoms with Crippen molar-refractivity contribution in [3.05, 3.63) is 94.2 Å². The van der Waals surface area contributed by atoms with Crippen molar-refractivity contribution in [1.82, 2.24) is 10.2 Å². The number of thioether (sulfide) groups is 1.